The summed E-state index contributed by atoms with van der Waals surface area (Å²) in [6.45, 7) is 0.336. The second-order valence-corrected chi connectivity index (χ2v) is 21.8. The molecule has 4 aliphatic carbocycles. The number of aliphatic hydroxyl groups excluding tert-OH is 2. The highest BCUT2D eigenvalue weighted by molar-refractivity contribution is 6.02. The minimum atomic E-state index is -2.38. The smallest absolute Gasteiger partial charge is 0.245 e. The molecule has 4 fully saturated rings. The van der Waals surface area contributed by atoms with Crippen LogP contribution in [0.1, 0.15) is 82.4 Å². The fourth-order valence-corrected chi connectivity index (χ4v) is 12.6. The predicted octanol–water partition coefficient (Wildman–Crippen LogP) is -0.360. The lowest BCUT2D eigenvalue weighted by atomic mass is 9.44. The maximum Gasteiger partial charge on any atom is 0.245 e. The Morgan fingerprint density at radius 2 is 1.40 bits per heavy atom. The average molecular weight is 1160 g/mol. The number of benzene rings is 2. The van der Waals surface area contributed by atoms with Crippen LogP contribution in [0.25, 0.3) is 0 Å². The Morgan fingerprint density at radius 1 is 0.795 bits per heavy atom. The first-order valence-corrected chi connectivity index (χ1v) is 27.5. The fraction of sp³-hybridized carbons (Fsp3) is 0.517. The number of halogens is 2. The molecule has 23 nitrogen and oxygen atoms in total. The van der Waals surface area contributed by atoms with Gasteiger partial charge in [0.05, 0.1) is 63.8 Å². The Bertz CT molecular complexity index is 3060. The van der Waals surface area contributed by atoms with Crippen molar-refractivity contribution < 1.29 is 81.1 Å². The molecule has 0 aromatic heterocycles. The van der Waals surface area contributed by atoms with Gasteiger partial charge in [0.25, 0.3) is 0 Å². The number of anilines is 1. The molecule has 0 bridgehead atoms. The van der Waals surface area contributed by atoms with Gasteiger partial charge in [-0.2, -0.15) is 0 Å². The van der Waals surface area contributed by atoms with Gasteiger partial charge >= 0.3 is 0 Å². The number of rotatable bonds is 23. The summed E-state index contributed by atoms with van der Waals surface area (Å²) in [5.41, 5.74) is -4.21. The molecule has 6 aliphatic rings. The molecular formula is C58H68F2N8O15. The Kier molecular flexibility index (Phi) is 19.1. The number of nitrogens with one attached hydrogen (secondary N) is 7. The lowest BCUT2D eigenvalue weighted by Crippen LogP contribution is -2.71. The molecule has 8 amide bonds. The van der Waals surface area contributed by atoms with Gasteiger partial charge in [-0.25, -0.2) is 8.78 Å². The Balaban J connectivity index is 0.697. The largest absolute Gasteiger partial charge is 0.394 e. The summed E-state index contributed by atoms with van der Waals surface area (Å²) in [6, 6.07) is 13.0. The van der Waals surface area contributed by atoms with E-state index in [0.29, 0.717) is 24.1 Å². The van der Waals surface area contributed by atoms with E-state index in [1.165, 1.54) is 24.0 Å². The summed E-state index contributed by atoms with van der Waals surface area (Å²) < 4.78 is 52.2. The van der Waals surface area contributed by atoms with Gasteiger partial charge in [0.2, 0.25) is 47.3 Å². The number of para-hydroxylation sites is 1. The van der Waals surface area contributed by atoms with Gasteiger partial charge < -0.3 is 66.5 Å². The molecular weight excluding hydrogens is 1090 g/mol. The second-order valence-electron chi connectivity index (χ2n) is 21.8. The lowest BCUT2D eigenvalue weighted by Gasteiger charge is -2.63. The molecule has 0 spiro atoms. The van der Waals surface area contributed by atoms with Crippen molar-refractivity contribution >= 4 is 64.5 Å². The first-order chi connectivity index (χ1) is 39.6. The van der Waals surface area contributed by atoms with Gasteiger partial charge in [-0.3, -0.25) is 47.9 Å². The van der Waals surface area contributed by atoms with E-state index >= 15 is 8.78 Å². The van der Waals surface area contributed by atoms with E-state index in [1.807, 2.05) is 31.2 Å². The number of nitrogens with zero attached hydrogens (tertiary/aromatic N) is 1. The number of hydrogen-bond acceptors (Lipinski definition) is 15. The number of ketones is 2. The van der Waals surface area contributed by atoms with Gasteiger partial charge in [-0.05, 0) is 80.0 Å². The van der Waals surface area contributed by atoms with Gasteiger partial charge in [-0.15, -0.1) is 0 Å². The topological polar surface area (TPSA) is 326 Å². The van der Waals surface area contributed by atoms with Crippen molar-refractivity contribution in [1.82, 2.24) is 37.2 Å². The first-order valence-electron chi connectivity index (χ1n) is 27.5. The zero-order valence-corrected chi connectivity index (χ0v) is 46.1. The number of fused-ring (bicyclic) bond motifs is 9. The van der Waals surface area contributed by atoms with Crippen LogP contribution >= 0.6 is 0 Å². The van der Waals surface area contributed by atoms with Crippen LogP contribution in [-0.4, -0.2) is 164 Å². The SMILES string of the molecule is CCCC1O[C@@H]2C[C@H]3[C@@H]4C[C@H](F)C5=CC(=O)C=C[C@]5(C)[C@@]4(F)[C@@H](O)C[C@]3(C)[C@]2(C(=O)COCNC(=O)CNC(=O)CNC(=O)CNC(=O)CNC(=O)CNC(=O)[C@H](CO)NC(=O)CCC(=O)N2Cc3ccccc3C#Cc3ccccc32)O1. The van der Waals surface area contributed by atoms with Crippen LogP contribution in [0.3, 0.4) is 0 Å². The predicted molar refractivity (Wildman–Crippen MR) is 289 cm³/mol. The molecule has 3 saturated carbocycles. The number of carbonyl (C=O) groups excluding carboxylic acids is 10. The normalized spacial score (nSPS) is 28.2. The molecule has 2 aromatic carbocycles. The van der Waals surface area contributed by atoms with Gasteiger partial charge in [-0.1, -0.05) is 68.5 Å². The zero-order valence-electron chi connectivity index (χ0n) is 46.1. The van der Waals surface area contributed by atoms with Gasteiger partial charge in [0.1, 0.15) is 25.6 Å². The van der Waals surface area contributed by atoms with Gasteiger partial charge in [0, 0.05) is 40.7 Å². The standard InChI is InChI=1S/C58H68F2N8O15/c1-4-9-53-82-45-22-37-38-21-40(59)39-20-36(70)18-19-55(39,2)57(38,60)43(71)23-56(37,3)58(45,83-53)44(72)31-81-32-66-51(78)27-64-49(76)25-62-47(74)24-61-48(75)26-63-50(77)28-65-54(80)41(30-69)67-46(73)16-17-52(79)68-29-35-12-6-5-10-33(35)14-15-34-11-7-8-13-42(34)68/h5-8,10-13,18-20,37-38,40-41,43,45,53,69,71H,4,9,16-17,21-32H2,1-3H3,(H,61,75)(H,62,74)(H,63,77)(H,64,76)(H,65,80)(H,66,78)(H,67,73)/t37-,38-,40-,41-,43-,45+,53?,55-,56-,57-,58+/m0/s1. The van der Waals surface area contributed by atoms with Gasteiger partial charge in [0.15, 0.2) is 29.1 Å². The molecule has 1 unspecified atom stereocenters. The molecule has 2 heterocycles. The van der Waals surface area contributed by atoms with Crippen molar-refractivity contribution in [3.05, 3.63) is 89.0 Å². The van der Waals surface area contributed by atoms with Crippen molar-refractivity contribution in [2.75, 3.05) is 57.6 Å². The summed E-state index contributed by atoms with van der Waals surface area (Å²) in [4.78, 5) is 129. The molecule has 0 radical (unpaired) electrons. The molecule has 1 saturated heterocycles. The third kappa shape index (κ3) is 12.6. The molecule has 444 valence electrons. The van der Waals surface area contributed by atoms with Crippen molar-refractivity contribution in [3.63, 3.8) is 0 Å². The van der Waals surface area contributed by atoms with E-state index in [0.717, 1.165) is 17.2 Å². The first kappa shape index (κ1) is 61.3. The van der Waals surface area contributed by atoms with E-state index in [2.05, 4.69) is 49.1 Å². The van der Waals surface area contributed by atoms with E-state index < -0.39 is 170 Å². The average Bonchev–Trinajstić information content (AvgIpc) is 1.64. The van der Waals surface area contributed by atoms with Crippen LogP contribution in [0, 0.1) is 34.5 Å². The Labute approximate surface area is 476 Å². The highest BCUT2D eigenvalue weighted by Gasteiger charge is 2.80. The minimum Gasteiger partial charge on any atom is -0.394 e. The monoisotopic (exact) mass is 1150 g/mol. The third-order valence-electron chi connectivity index (χ3n) is 16.7. The molecule has 25 heteroatoms. The number of aliphatic hydroxyl groups is 2. The number of allylic oxidation sites excluding steroid dienone is 4. The molecule has 8 rings (SSSR count). The quantitative estimate of drug-likeness (QED) is 0.0390. The molecule has 83 heavy (non-hydrogen) atoms. The number of alkyl halides is 2. The van der Waals surface area contributed by atoms with Crippen molar-refractivity contribution in [3.8, 4) is 11.8 Å². The van der Waals surface area contributed by atoms with Crippen LogP contribution in [0.2, 0.25) is 0 Å². The summed E-state index contributed by atoms with van der Waals surface area (Å²) in [7, 11) is 0. The number of amides is 8. The number of hydrogen-bond donors (Lipinski definition) is 9. The zero-order chi connectivity index (χ0) is 59.9. The Hall–Kier alpha value is -7.76. The van der Waals surface area contributed by atoms with Crippen molar-refractivity contribution in [2.45, 2.75) is 114 Å². The Morgan fingerprint density at radius 3 is 2.05 bits per heavy atom. The molecule has 2 aliphatic heterocycles. The van der Waals surface area contributed by atoms with Crippen LogP contribution in [-0.2, 0) is 68.7 Å². The summed E-state index contributed by atoms with van der Waals surface area (Å²) in [5.74, 6) is -2.59. The third-order valence-corrected chi connectivity index (χ3v) is 16.7. The molecule has 9 N–H and O–H groups in total. The number of Topliss-reactive ketones (excluding diaryl/α,β-unsaturated/α-hetero) is 1. The van der Waals surface area contributed by atoms with Crippen LogP contribution < -0.4 is 42.1 Å². The van der Waals surface area contributed by atoms with Crippen molar-refractivity contribution in [1.29, 1.82) is 0 Å². The minimum absolute atomic E-state index is 0.0269. The van der Waals surface area contributed by atoms with E-state index in [9.17, 15) is 58.2 Å². The summed E-state index contributed by atoms with van der Waals surface area (Å²) in [6.07, 6.45) is -1.35. The lowest BCUT2D eigenvalue weighted by molar-refractivity contribution is -0.235. The highest BCUT2D eigenvalue weighted by atomic mass is 19.1. The van der Waals surface area contributed by atoms with E-state index in [-0.39, 0.29) is 50.1 Å². The highest BCUT2D eigenvalue weighted by Crippen LogP contribution is 2.72. The van der Waals surface area contributed by atoms with E-state index in [1.54, 1.807) is 31.2 Å². The van der Waals surface area contributed by atoms with Crippen LogP contribution in [0.15, 0.2) is 72.3 Å². The number of ether oxygens (including phenoxy) is 3. The fourth-order valence-electron chi connectivity index (χ4n) is 12.6. The van der Waals surface area contributed by atoms with E-state index in [4.69, 9.17) is 14.2 Å². The number of carbonyl (C=O) groups is 10. The van der Waals surface area contributed by atoms with Crippen LogP contribution in [0.5, 0.6) is 0 Å². The maximum absolute atomic E-state index is 17.8. The van der Waals surface area contributed by atoms with Crippen molar-refractivity contribution in [2.24, 2.45) is 22.7 Å². The maximum atomic E-state index is 17.8. The summed E-state index contributed by atoms with van der Waals surface area (Å²) >= 11 is 0. The summed E-state index contributed by atoms with van der Waals surface area (Å²) in [5, 5.41) is 37.6. The second kappa shape index (κ2) is 25.8. The van der Waals surface area contributed by atoms with Crippen LogP contribution in [0.4, 0.5) is 14.5 Å². The molecule has 2 aromatic rings. The molecule has 11 atom stereocenters.